The second-order valence-electron chi connectivity index (χ2n) is 8.03. The average molecular weight is 402 g/mol. The Morgan fingerprint density at radius 2 is 1.97 bits per heavy atom. The van der Waals surface area contributed by atoms with Crippen LogP contribution in [0.3, 0.4) is 0 Å². The van der Waals surface area contributed by atoms with Crippen LogP contribution in [0.4, 0.5) is 0 Å². The molecule has 0 aromatic heterocycles. The Morgan fingerprint density at radius 3 is 2.72 bits per heavy atom. The summed E-state index contributed by atoms with van der Waals surface area (Å²) in [6, 6.07) is 9.72. The quantitative estimate of drug-likeness (QED) is 0.257. The highest BCUT2D eigenvalue weighted by molar-refractivity contribution is 5.83. The fourth-order valence-electron chi connectivity index (χ4n) is 3.86. The number of hydrogen-bond donors (Lipinski definition) is 0. The summed E-state index contributed by atoms with van der Waals surface area (Å²) in [6.07, 6.45) is 2.76. The number of fused-ring (bicyclic) bond motifs is 1. The third kappa shape index (κ3) is 5.93. The zero-order valence-corrected chi connectivity index (χ0v) is 17.2. The highest BCUT2D eigenvalue weighted by Gasteiger charge is 2.53. The summed E-state index contributed by atoms with van der Waals surface area (Å²) in [4.78, 5) is 17.4. The molecule has 29 heavy (non-hydrogen) atoms. The van der Waals surface area contributed by atoms with Gasteiger partial charge in [-0.2, -0.15) is 0 Å². The molecule has 0 aliphatic carbocycles. The molecule has 2 saturated heterocycles. The summed E-state index contributed by atoms with van der Waals surface area (Å²) in [5.41, 5.74) is 10.0. The van der Waals surface area contributed by atoms with E-state index in [1.807, 2.05) is 18.2 Å². The minimum absolute atomic E-state index is 0.0730. The van der Waals surface area contributed by atoms with Gasteiger partial charge < -0.3 is 19.1 Å². The van der Waals surface area contributed by atoms with Gasteiger partial charge in [0.15, 0.2) is 11.9 Å². The first kappa shape index (κ1) is 21.6. The van der Waals surface area contributed by atoms with Crippen molar-refractivity contribution < 1.29 is 19.0 Å². The first-order valence-electron chi connectivity index (χ1n) is 10.3. The van der Waals surface area contributed by atoms with Crippen molar-refractivity contribution in [3.8, 4) is 0 Å². The van der Waals surface area contributed by atoms with E-state index < -0.39 is 24.0 Å². The first-order chi connectivity index (χ1) is 14.0. The van der Waals surface area contributed by atoms with Gasteiger partial charge >= 0.3 is 0 Å². The molecule has 2 fully saturated rings. The number of carbonyl (C=O) groups is 1. The third-order valence-corrected chi connectivity index (χ3v) is 5.25. The Balaban J connectivity index is 1.35. The monoisotopic (exact) mass is 402 g/mol. The molecule has 3 atom stereocenters. The van der Waals surface area contributed by atoms with Gasteiger partial charge in [-0.05, 0) is 37.8 Å². The maximum Gasteiger partial charge on any atom is 0.254 e. The lowest BCUT2D eigenvalue weighted by Crippen LogP contribution is -2.57. The molecule has 158 valence electrons. The van der Waals surface area contributed by atoms with Crippen molar-refractivity contribution in [3.05, 3.63) is 46.3 Å². The van der Waals surface area contributed by atoms with Crippen LogP contribution in [0.25, 0.3) is 10.4 Å². The van der Waals surface area contributed by atoms with Gasteiger partial charge in [0, 0.05) is 24.6 Å². The predicted molar refractivity (Wildman–Crippen MR) is 108 cm³/mol. The minimum atomic E-state index is -0.843. The van der Waals surface area contributed by atoms with Crippen LogP contribution in [0.1, 0.15) is 45.1 Å². The van der Waals surface area contributed by atoms with Crippen molar-refractivity contribution >= 4 is 5.91 Å². The maximum absolute atomic E-state index is 12.8. The molecule has 1 aromatic carbocycles. The van der Waals surface area contributed by atoms with Crippen LogP contribution in [0.15, 0.2) is 35.4 Å². The second kappa shape index (κ2) is 10.1. The van der Waals surface area contributed by atoms with E-state index in [9.17, 15) is 4.79 Å². The smallest absolute Gasteiger partial charge is 0.254 e. The van der Waals surface area contributed by atoms with E-state index in [-0.39, 0.29) is 5.91 Å². The first-order valence-corrected chi connectivity index (χ1v) is 10.3. The Kier molecular flexibility index (Phi) is 7.50. The van der Waals surface area contributed by atoms with Crippen LogP contribution in [0, 0.1) is 0 Å². The number of azide groups is 1. The van der Waals surface area contributed by atoms with Crippen molar-refractivity contribution in [2.24, 2.45) is 5.11 Å². The number of likely N-dealkylation sites (tertiary alicyclic amines) is 1. The molecule has 2 heterocycles. The van der Waals surface area contributed by atoms with E-state index in [1.54, 1.807) is 18.7 Å². The third-order valence-electron chi connectivity index (χ3n) is 5.25. The SMILES string of the molecule is CC1(C)O[C@@H]2[C@@H](N=[N+]=[N-])CN(CCCCCCOCc3ccccc3)C(=O)[C@@H]2O1. The fraction of sp³-hybridized carbons (Fsp3) is 0.667. The number of ether oxygens (including phenoxy) is 3. The van der Waals surface area contributed by atoms with Crippen molar-refractivity contribution in [3.63, 3.8) is 0 Å². The molecule has 1 aromatic rings. The van der Waals surface area contributed by atoms with Crippen LogP contribution in [0.5, 0.6) is 0 Å². The molecule has 0 spiro atoms. The number of piperidine rings is 1. The number of benzene rings is 1. The van der Waals surface area contributed by atoms with Gasteiger partial charge in [-0.15, -0.1) is 0 Å². The van der Waals surface area contributed by atoms with Crippen LogP contribution in [-0.4, -0.2) is 54.5 Å². The van der Waals surface area contributed by atoms with E-state index in [4.69, 9.17) is 19.7 Å². The van der Waals surface area contributed by atoms with Crippen LogP contribution < -0.4 is 0 Å². The Labute approximate surface area is 171 Å². The number of rotatable bonds is 10. The molecular weight excluding hydrogens is 372 g/mol. The van der Waals surface area contributed by atoms with Gasteiger partial charge in [0.2, 0.25) is 0 Å². The standard InChI is InChI=1S/C21H30N4O4/c1-21(2)28-18-17(23-24-22)14-25(20(26)19(18)29-21)12-8-3-4-9-13-27-15-16-10-6-5-7-11-16/h5-7,10-11,17-19H,3-4,8-9,12-15H2,1-2H3/t17-,18+,19+/m0/s1. The van der Waals surface area contributed by atoms with Crippen molar-refractivity contribution in [1.82, 2.24) is 4.90 Å². The number of carbonyl (C=O) groups excluding carboxylic acids is 1. The average Bonchev–Trinajstić information content (AvgIpc) is 3.04. The van der Waals surface area contributed by atoms with Gasteiger partial charge in [0.1, 0.15) is 6.10 Å². The molecule has 0 bridgehead atoms. The highest BCUT2D eigenvalue weighted by Crippen LogP contribution is 2.35. The molecule has 0 N–H and O–H groups in total. The largest absolute Gasteiger partial charge is 0.377 e. The zero-order valence-electron chi connectivity index (χ0n) is 17.2. The number of nitrogens with zero attached hydrogens (tertiary/aromatic N) is 4. The molecule has 8 heteroatoms. The molecule has 0 unspecified atom stereocenters. The van der Waals surface area contributed by atoms with E-state index in [2.05, 4.69) is 22.2 Å². The molecule has 2 aliphatic rings. The molecule has 0 saturated carbocycles. The molecular formula is C21H30N4O4. The summed E-state index contributed by atoms with van der Waals surface area (Å²) in [5.74, 6) is -0.916. The van der Waals surface area contributed by atoms with Crippen molar-refractivity contribution in [1.29, 1.82) is 0 Å². The van der Waals surface area contributed by atoms with Crippen LogP contribution in [0.2, 0.25) is 0 Å². The Bertz CT molecular complexity index is 721. The van der Waals surface area contributed by atoms with Gasteiger partial charge in [-0.25, -0.2) is 0 Å². The fourth-order valence-corrected chi connectivity index (χ4v) is 3.86. The topological polar surface area (TPSA) is 96.8 Å². The Hall–Kier alpha value is -2.12. The van der Waals surface area contributed by atoms with Crippen LogP contribution in [-0.2, 0) is 25.6 Å². The summed E-state index contributed by atoms with van der Waals surface area (Å²) in [5, 5.41) is 3.84. The van der Waals surface area contributed by atoms with Gasteiger partial charge in [-0.1, -0.05) is 48.3 Å². The normalized spacial score (nSPS) is 25.5. The summed E-state index contributed by atoms with van der Waals surface area (Å²) in [7, 11) is 0. The molecule has 0 radical (unpaired) electrons. The highest BCUT2D eigenvalue weighted by atomic mass is 16.8. The molecule has 2 aliphatic heterocycles. The van der Waals surface area contributed by atoms with Crippen LogP contribution >= 0.6 is 0 Å². The predicted octanol–water partition coefficient (Wildman–Crippen LogP) is 3.80. The maximum atomic E-state index is 12.8. The van der Waals surface area contributed by atoms with Gasteiger partial charge in [-0.3, -0.25) is 4.79 Å². The van der Waals surface area contributed by atoms with Crippen molar-refractivity contribution in [2.45, 2.75) is 70.2 Å². The number of unbranched alkanes of at least 4 members (excludes halogenated alkanes) is 3. The van der Waals surface area contributed by atoms with E-state index >= 15 is 0 Å². The van der Waals surface area contributed by atoms with E-state index in [1.165, 1.54) is 5.56 Å². The molecule has 3 rings (SSSR count). The van der Waals surface area contributed by atoms with E-state index in [0.717, 1.165) is 32.3 Å². The molecule has 8 nitrogen and oxygen atoms in total. The summed E-state index contributed by atoms with van der Waals surface area (Å²) < 4.78 is 17.3. The zero-order chi connectivity index (χ0) is 20.7. The van der Waals surface area contributed by atoms with Gasteiger partial charge in [0.05, 0.1) is 12.6 Å². The number of amides is 1. The minimum Gasteiger partial charge on any atom is -0.377 e. The Morgan fingerprint density at radius 1 is 1.21 bits per heavy atom. The summed E-state index contributed by atoms with van der Waals surface area (Å²) >= 11 is 0. The van der Waals surface area contributed by atoms with E-state index in [0.29, 0.717) is 19.7 Å². The second-order valence-corrected chi connectivity index (χ2v) is 8.03. The van der Waals surface area contributed by atoms with Crippen molar-refractivity contribution in [2.75, 3.05) is 19.7 Å². The summed E-state index contributed by atoms with van der Waals surface area (Å²) in [6.45, 7) is 5.94. The lowest BCUT2D eigenvalue weighted by Gasteiger charge is -2.36. The molecule has 1 amide bonds. The lowest BCUT2D eigenvalue weighted by molar-refractivity contribution is -0.159. The number of hydrogen-bond acceptors (Lipinski definition) is 5. The van der Waals surface area contributed by atoms with Gasteiger partial charge in [0.25, 0.3) is 5.91 Å². The lowest BCUT2D eigenvalue weighted by atomic mass is 9.99.